The Morgan fingerprint density at radius 3 is 2.33 bits per heavy atom. The van der Waals surface area contributed by atoms with Crippen LogP contribution in [0.5, 0.6) is 0 Å². The van der Waals surface area contributed by atoms with Gasteiger partial charge >= 0.3 is 12.1 Å². The first kappa shape index (κ1) is 18.0. The Morgan fingerprint density at radius 2 is 1.86 bits per heavy atom. The maximum absolute atomic E-state index is 12.4. The first-order chi connectivity index (χ1) is 9.66. The van der Waals surface area contributed by atoms with Crippen LogP contribution >= 0.6 is 15.9 Å². The van der Waals surface area contributed by atoms with Crippen LogP contribution in [0.2, 0.25) is 0 Å². The van der Waals surface area contributed by atoms with Gasteiger partial charge in [-0.3, -0.25) is 10.1 Å². The van der Waals surface area contributed by atoms with Crippen molar-refractivity contribution in [2.45, 2.75) is 32.0 Å². The highest BCUT2D eigenvalue weighted by molar-refractivity contribution is 9.10. The summed E-state index contributed by atoms with van der Waals surface area (Å²) in [6.07, 6.45) is -4.29. The third kappa shape index (κ3) is 6.05. The van der Waals surface area contributed by atoms with E-state index in [0.29, 0.717) is 0 Å². The van der Waals surface area contributed by atoms with Crippen molar-refractivity contribution in [3.05, 3.63) is 34.3 Å². The predicted molar refractivity (Wildman–Crippen MR) is 76.9 cm³/mol. The lowest BCUT2D eigenvalue weighted by Crippen LogP contribution is -2.54. The first-order valence-electron chi connectivity index (χ1n) is 6.40. The van der Waals surface area contributed by atoms with Crippen molar-refractivity contribution < 1.29 is 22.7 Å². The number of benzene rings is 1. The smallest absolute Gasteiger partial charge is 0.401 e. The fraction of sp³-hybridized carbons (Fsp3) is 0.500. The first-order valence-corrected chi connectivity index (χ1v) is 7.19. The lowest BCUT2D eigenvalue weighted by molar-refractivity contribution is -0.154. The number of esters is 1. The molecule has 0 aliphatic heterocycles. The monoisotopic (exact) mass is 367 g/mol. The summed E-state index contributed by atoms with van der Waals surface area (Å²) in [6.45, 7) is 1.89. The minimum absolute atomic E-state index is 0.106. The molecule has 1 aromatic carbocycles. The average molecular weight is 368 g/mol. The molecular weight excluding hydrogens is 351 g/mol. The molecule has 118 valence electrons. The summed E-state index contributed by atoms with van der Waals surface area (Å²) in [5, 5.41) is 2.27. The Balaban J connectivity index is 2.90. The van der Waals surface area contributed by atoms with Crippen LogP contribution < -0.4 is 5.32 Å². The molecule has 0 radical (unpaired) electrons. The second-order valence-corrected chi connectivity index (χ2v) is 5.74. The van der Waals surface area contributed by atoms with E-state index < -0.39 is 24.2 Å². The van der Waals surface area contributed by atoms with Gasteiger partial charge in [0.2, 0.25) is 0 Å². The molecule has 0 aromatic heterocycles. The van der Waals surface area contributed by atoms with Crippen molar-refractivity contribution in [3.63, 3.8) is 0 Å². The van der Waals surface area contributed by atoms with E-state index in [-0.39, 0.29) is 13.0 Å². The van der Waals surface area contributed by atoms with Gasteiger partial charge in [0.1, 0.15) is 5.54 Å². The van der Waals surface area contributed by atoms with Gasteiger partial charge < -0.3 is 4.74 Å². The molecule has 0 amide bonds. The molecule has 0 spiro atoms. The molecular formula is C14H17BrF3NO2. The summed E-state index contributed by atoms with van der Waals surface area (Å²) in [6, 6.07) is 7.03. The van der Waals surface area contributed by atoms with Gasteiger partial charge in [-0.25, -0.2) is 0 Å². The van der Waals surface area contributed by atoms with Crippen molar-refractivity contribution in [3.8, 4) is 0 Å². The Bertz CT molecular complexity index is 476. The lowest BCUT2D eigenvalue weighted by Gasteiger charge is -2.29. The van der Waals surface area contributed by atoms with Gasteiger partial charge in [-0.15, -0.1) is 0 Å². The quantitative estimate of drug-likeness (QED) is 0.782. The molecule has 0 saturated carbocycles. The van der Waals surface area contributed by atoms with Crippen LogP contribution in [0.15, 0.2) is 28.7 Å². The highest BCUT2D eigenvalue weighted by Crippen LogP contribution is 2.20. The van der Waals surface area contributed by atoms with Crippen LogP contribution in [0.25, 0.3) is 0 Å². The fourth-order valence-corrected chi connectivity index (χ4v) is 2.07. The molecule has 0 fully saturated rings. The summed E-state index contributed by atoms with van der Waals surface area (Å²) in [7, 11) is 0. The molecule has 0 aliphatic carbocycles. The predicted octanol–water partition coefficient (Wildman–Crippen LogP) is 3.47. The number of nitrogens with one attached hydrogen (secondary N) is 1. The third-order valence-electron chi connectivity index (χ3n) is 2.88. The average Bonchev–Trinajstić information content (AvgIpc) is 2.39. The molecule has 0 saturated heterocycles. The normalized spacial score (nSPS) is 14.6. The van der Waals surface area contributed by atoms with Crippen LogP contribution in [-0.4, -0.2) is 30.8 Å². The zero-order valence-corrected chi connectivity index (χ0v) is 13.3. The van der Waals surface area contributed by atoms with E-state index in [4.69, 9.17) is 4.74 Å². The van der Waals surface area contributed by atoms with Crippen molar-refractivity contribution in [2.24, 2.45) is 0 Å². The van der Waals surface area contributed by atoms with Crippen LogP contribution in [0, 0.1) is 0 Å². The van der Waals surface area contributed by atoms with Crippen LogP contribution in [-0.2, 0) is 16.0 Å². The highest BCUT2D eigenvalue weighted by atomic mass is 79.9. The van der Waals surface area contributed by atoms with Crippen molar-refractivity contribution in [1.29, 1.82) is 0 Å². The molecule has 1 rings (SSSR count). The number of hydrogen-bond acceptors (Lipinski definition) is 3. The van der Waals surface area contributed by atoms with Gasteiger partial charge in [0.15, 0.2) is 0 Å². The summed E-state index contributed by atoms with van der Waals surface area (Å²) in [5.41, 5.74) is -0.692. The number of carbonyl (C=O) groups is 1. The van der Waals surface area contributed by atoms with Crippen molar-refractivity contribution in [2.75, 3.05) is 13.2 Å². The maximum atomic E-state index is 12.4. The van der Waals surface area contributed by atoms with Crippen molar-refractivity contribution >= 4 is 21.9 Å². The van der Waals surface area contributed by atoms with E-state index in [9.17, 15) is 18.0 Å². The topological polar surface area (TPSA) is 38.3 Å². The number of carbonyl (C=O) groups excluding carboxylic acids is 1. The number of alkyl halides is 3. The molecule has 0 heterocycles. The fourth-order valence-electron chi connectivity index (χ4n) is 1.80. The summed E-state index contributed by atoms with van der Waals surface area (Å²) >= 11 is 3.28. The Morgan fingerprint density at radius 1 is 1.29 bits per heavy atom. The van der Waals surface area contributed by atoms with Crippen LogP contribution in [0.1, 0.15) is 19.4 Å². The van der Waals surface area contributed by atoms with Gasteiger partial charge in [0.05, 0.1) is 13.2 Å². The van der Waals surface area contributed by atoms with Crippen molar-refractivity contribution in [1.82, 2.24) is 5.32 Å². The zero-order chi connectivity index (χ0) is 16.1. The Labute approximate surface area is 130 Å². The zero-order valence-electron chi connectivity index (χ0n) is 11.8. The van der Waals surface area contributed by atoms with E-state index >= 15 is 0 Å². The van der Waals surface area contributed by atoms with Gasteiger partial charge in [-0.2, -0.15) is 13.2 Å². The minimum atomic E-state index is -4.40. The molecule has 7 heteroatoms. The second kappa shape index (κ2) is 7.26. The molecule has 0 bridgehead atoms. The molecule has 0 aliphatic rings. The maximum Gasteiger partial charge on any atom is 0.401 e. The number of halogens is 4. The number of rotatable bonds is 6. The van der Waals surface area contributed by atoms with Gasteiger partial charge in [-0.05, 0) is 31.5 Å². The molecule has 3 nitrogen and oxygen atoms in total. The van der Waals surface area contributed by atoms with Crippen LogP contribution in [0.3, 0.4) is 0 Å². The van der Waals surface area contributed by atoms with Gasteiger partial charge in [0, 0.05) is 10.9 Å². The Kier molecular flexibility index (Phi) is 6.22. The minimum Gasteiger partial charge on any atom is -0.465 e. The number of hydrogen-bond donors (Lipinski definition) is 1. The number of ether oxygens (including phenoxy) is 1. The van der Waals surface area contributed by atoms with E-state index in [1.54, 1.807) is 31.2 Å². The third-order valence-corrected chi connectivity index (χ3v) is 3.40. The summed E-state index contributed by atoms with van der Waals surface area (Å²) < 4.78 is 43.0. The lowest BCUT2D eigenvalue weighted by atomic mass is 9.92. The largest absolute Gasteiger partial charge is 0.465 e. The van der Waals surface area contributed by atoms with E-state index in [0.717, 1.165) is 10.0 Å². The molecule has 21 heavy (non-hydrogen) atoms. The van der Waals surface area contributed by atoms with Gasteiger partial charge in [0.25, 0.3) is 0 Å². The Hall–Kier alpha value is -1.08. The molecule has 1 unspecified atom stereocenters. The second-order valence-electron chi connectivity index (χ2n) is 4.82. The summed E-state index contributed by atoms with van der Waals surface area (Å²) in [4.78, 5) is 12.0. The van der Waals surface area contributed by atoms with E-state index in [2.05, 4.69) is 21.2 Å². The molecule has 1 N–H and O–H groups in total. The standard InChI is InChI=1S/C14H17BrF3NO2/c1-3-21-12(20)13(2,19-9-14(16,17)18)8-10-4-6-11(15)7-5-10/h4-7,19H,3,8-9H2,1-2H3. The highest BCUT2D eigenvalue weighted by Gasteiger charge is 2.39. The van der Waals surface area contributed by atoms with Gasteiger partial charge in [-0.1, -0.05) is 28.1 Å². The van der Waals surface area contributed by atoms with E-state index in [1.807, 2.05) is 0 Å². The SMILES string of the molecule is CCOC(=O)C(C)(Cc1ccc(Br)cc1)NCC(F)(F)F. The van der Waals surface area contributed by atoms with E-state index in [1.165, 1.54) is 6.92 Å². The summed E-state index contributed by atoms with van der Waals surface area (Å²) in [5.74, 6) is -0.697. The van der Waals surface area contributed by atoms with Crippen LogP contribution in [0.4, 0.5) is 13.2 Å². The molecule has 1 aromatic rings. The molecule has 1 atom stereocenters.